The van der Waals surface area contributed by atoms with Gasteiger partial charge in [-0.25, -0.2) is 9.78 Å². The van der Waals surface area contributed by atoms with Crippen LogP contribution in [0.3, 0.4) is 0 Å². The van der Waals surface area contributed by atoms with Crippen molar-refractivity contribution < 1.29 is 9.53 Å². The molecule has 2 rings (SSSR count). The highest BCUT2D eigenvalue weighted by molar-refractivity contribution is 6.30. The third-order valence-corrected chi connectivity index (χ3v) is 3.38. The molecule has 5 heteroatoms. The van der Waals surface area contributed by atoms with E-state index in [1.165, 1.54) is 12.7 Å². The third kappa shape index (κ3) is 4.20. The maximum Gasteiger partial charge on any atom is 0.339 e. The molecule has 1 heterocycles. The van der Waals surface area contributed by atoms with Crippen LogP contribution in [0.2, 0.25) is 5.02 Å². The molecule has 110 valence electrons. The molecule has 21 heavy (non-hydrogen) atoms. The van der Waals surface area contributed by atoms with E-state index in [4.69, 9.17) is 16.3 Å². The fourth-order valence-electron chi connectivity index (χ4n) is 1.97. The summed E-state index contributed by atoms with van der Waals surface area (Å²) in [5, 5.41) is 3.97. The van der Waals surface area contributed by atoms with Crippen LogP contribution in [-0.2, 0) is 11.2 Å². The van der Waals surface area contributed by atoms with E-state index >= 15 is 0 Å². The topological polar surface area (TPSA) is 51.2 Å². The molecule has 0 radical (unpaired) electrons. The summed E-state index contributed by atoms with van der Waals surface area (Å²) < 4.78 is 4.70. The Bertz CT molecular complexity index is 627. The van der Waals surface area contributed by atoms with Crippen molar-refractivity contribution in [1.82, 2.24) is 4.98 Å². The summed E-state index contributed by atoms with van der Waals surface area (Å²) in [6, 6.07) is 11.3. The Morgan fingerprint density at radius 1 is 1.24 bits per heavy atom. The van der Waals surface area contributed by atoms with Crippen molar-refractivity contribution in [2.75, 3.05) is 19.0 Å². The van der Waals surface area contributed by atoms with E-state index in [1.54, 1.807) is 19.1 Å². The number of aryl methyl sites for hydroxylation is 1. The van der Waals surface area contributed by atoms with Gasteiger partial charge in [0.2, 0.25) is 0 Å². The second-order valence-electron chi connectivity index (χ2n) is 4.62. The van der Waals surface area contributed by atoms with Crippen LogP contribution in [0.25, 0.3) is 0 Å². The molecule has 0 saturated carbocycles. The zero-order valence-electron chi connectivity index (χ0n) is 12.0. The highest BCUT2D eigenvalue weighted by atomic mass is 35.5. The fourth-order valence-corrected chi connectivity index (χ4v) is 2.10. The van der Waals surface area contributed by atoms with Gasteiger partial charge in [0, 0.05) is 11.6 Å². The molecule has 0 atom stereocenters. The number of hydrogen-bond acceptors (Lipinski definition) is 4. The summed E-state index contributed by atoms with van der Waals surface area (Å²) in [6.45, 7) is 2.54. The van der Waals surface area contributed by atoms with Gasteiger partial charge >= 0.3 is 5.97 Å². The number of carbonyl (C=O) groups excluding carboxylic acids is 1. The minimum absolute atomic E-state index is 0.368. The van der Waals surface area contributed by atoms with Gasteiger partial charge in [0.25, 0.3) is 0 Å². The molecule has 1 aromatic carbocycles. The van der Waals surface area contributed by atoms with E-state index in [1.807, 2.05) is 24.3 Å². The van der Waals surface area contributed by atoms with Crippen molar-refractivity contribution >= 4 is 23.4 Å². The van der Waals surface area contributed by atoms with E-state index in [-0.39, 0.29) is 5.97 Å². The van der Waals surface area contributed by atoms with Crippen molar-refractivity contribution in [1.29, 1.82) is 0 Å². The summed E-state index contributed by atoms with van der Waals surface area (Å²) in [5.41, 5.74) is 2.34. The average molecular weight is 305 g/mol. The van der Waals surface area contributed by atoms with Gasteiger partial charge in [0.15, 0.2) is 0 Å². The van der Waals surface area contributed by atoms with Gasteiger partial charge in [0.05, 0.1) is 18.4 Å². The maximum atomic E-state index is 11.5. The number of rotatable bonds is 5. The number of halogens is 1. The van der Waals surface area contributed by atoms with Crippen molar-refractivity contribution in [2.45, 2.75) is 13.3 Å². The predicted octanol–water partition coefficient (Wildman–Crippen LogP) is 3.48. The Morgan fingerprint density at radius 3 is 2.57 bits per heavy atom. The molecule has 0 spiro atoms. The number of hydrogen-bond donors (Lipinski definition) is 1. The smallest absolute Gasteiger partial charge is 0.339 e. The first kappa shape index (κ1) is 15.3. The number of esters is 1. The number of ether oxygens (including phenoxy) is 1. The Balaban J connectivity index is 1.93. The highest BCUT2D eigenvalue weighted by Gasteiger charge is 2.10. The summed E-state index contributed by atoms with van der Waals surface area (Å²) in [5.74, 6) is 0.377. The number of nitrogens with zero attached hydrogens (tertiary/aromatic N) is 1. The molecule has 0 bridgehead atoms. The summed E-state index contributed by atoms with van der Waals surface area (Å²) in [6.07, 6.45) is 0.872. The largest absolute Gasteiger partial charge is 0.465 e. The van der Waals surface area contributed by atoms with Crippen LogP contribution in [-0.4, -0.2) is 24.6 Å². The molecule has 4 nitrogen and oxygen atoms in total. The second-order valence-corrected chi connectivity index (χ2v) is 5.06. The number of carbonyl (C=O) groups is 1. The number of methoxy groups -OCH3 is 1. The Morgan fingerprint density at radius 2 is 1.95 bits per heavy atom. The van der Waals surface area contributed by atoms with Crippen molar-refractivity contribution in [2.24, 2.45) is 0 Å². The first-order valence-corrected chi connectivity index (χ1v) is 7.02. The monoisotopic (exact) mass is 304 g/mol. The molecule has 0 aliphatic carbocycles. The minimum Gasteiger partial charge on any atom is -0.465 e. The van der Waals surface area contributed by atoms with Crippen LogP contribution in [0.15, 0.2) is 36.4 Å². The summed E-state index contributed by atoms with van der Waals surface area (Å²) >= 11 is 5.85. The molecule has 1 N–H and O–H groups in total. The molecule has 0 unspecified atom stereocenters. The predicted molar refractivity (Wildman–Crippen MR) is 84.0 cm³/mol. The van der Waals surface area contributed by atoms with Crippen molar-refractivity contribution in [3.05, 3.63) is 58.2 Å². The van der Waals surface area contributed by atoms with Gasteiger partial charge in [-0.1, -0.05) is 23.7 Å². The first-order valence-electron chi connectivity index (χ1n) is 6.64. The number of benzene rings is 1. The van der Waals surface area contributed by atoms with Gasteiger partial charge < -0.3 is 10.1 Å². The van der Waals surface area contributed by atoms with Gasteiger partial charge in [-0.05, 0) is 43.2 Å². The molecule has 1 aromatic heterocycles. The van der Waals surface area contributed by atoms with Crippen LogP contribution < -0.4 is 5.32 Å². The van der Waals surface area contributed by atoms with E-state index in [0.29, 0.717) is 11.3 Å². The Hall–Kier alpha value is -2.07. The number of anilines is 1. The Kier molecular flexibility index (Phi) is 5.17. The molecular formula is C16H17ClN2O2. The van der Waals surface area contributed by atoms with Crippen LogP contribution in [0.4, 0.5) is 5.82 Å². The number of nitrogens with one attached hydrogen (secondary N) is 1. The molecule has 0 aliphatic heterocycles. The molecule has 0 fully saturated rings. The van der Waals surface area contributed by atoms with Crippen LogP contribution in [0.1, 0.15) is 21.6 Å². The van der Waals surface area contributed by atoms with Crippen molar-refractivity contribution in [3.8, 4) is 0 Å². The average Bonchev–Trinajstić information content (AvgIpc) is 2.49. The van der Waals surface area contributed by atoms with E-state index in [0.717, 1.165) is 23.8 Å². The van der Waals surface area contributed by atoms with Gasteiger partial charge in [-0.15, -0.1) is 0 Å². The number of pyridine rings is 1. The third-order valence-electron chi connectivity index (χ3n) is 3.12. The molecular weight excluding hydrogens is 288 g/mol. The SMILES string of the molecule is COC(=O)c1ccc(NCCc2ccc(Cl)cc2)nc1C. The molecule has 0 amide bonds. The molecule has 0 saturated heterocycles. The maximum absolute atomic E-state index is 11.5. The molecule has 0 aliphatic rings. The summed E-state index contributed by atoms with van der Waals surface area (Å²) in [4.78, 5) is 15.8. The lowest BCUT2D eigenvalue weighted by molar-refractivity contribution is 0.0599. The van der Waals surface area contributed by atoms with E-state index in [2.05, 4.69) is 10.3 Å². The zero-order chi connectivity index (χ0) is 15.2. The fraction of sp³-hybridized carbons (Fsp3) is 0.250. The summed E-state index contributed by atoms with van der Waals surface area (Å²) in [7, 11) is 1.36. The van der Waals surface area contributed by atoms with Gasteiger partial charge in [-0.2, -0.15) is 0 Å². The van der Waals surface area contributed by atoms with Gasteiger partial charge in [0.1, 0.15) is 5.82 Å². The molecule has 2 aromatic rings. The van der Waals surface area contributed by atoms with Crippen LogP contribution in [0.5, 0.6) is 0 Å². The quantitative estimate of drug-likeness (QED) is 0.859. The lowest BCUT2D eigenvalue weighted by atomic mass is 10.1. The Labute approximate surface area is 129 Å². The normalized spacial score (nSPS) is 10.2. The second kappa shape index (κ2) is 7.09. The lowest BCUT2D eigenvalue weighted by Gasteiger charge is -2.08. The lowest BCUT2D eigenvalue weighted by Crippen LogP contribution is -2.09. The minimum atomic E-state index is -0.368. The van der Waals surface area contributed by atoms with Crippen LogP contribution >= 0.6 is 11.6 Å². The van der Waals surface area contributed by atoms with Crippen molar-refractivity contribution in [3.63, 3.8) is 0 Å². The number of aromatic nitrogens is 1. The van der Waals surface area contributed by atoms with Gasteiger partial charge in [-0.3, -0.25) is 0 Å². The van der Waals surface area contributed by atoms with E-state index < -0.39 is 0 Å². The highest BCUT2D eigenvalue weighted by Crippen LogP contribution is 2.13. The first-order chi connectivity index (χ1) is 10.1. The zero-order valence-corrected chi connectivity index (χ0v) is 12.8. The standard InChI is InChI=1S/C16H17ClN2O2/c1-11-14(16(20)21-2)7-8-15(19-11)18-10-9-12-3-5-13(17)6-4-12/h3-8H,9-10H2,1-2H3,(H,18,19). The van der Waals surface area contributed by atoms with E-state index in [9.17, 15) is 4.79 Å². The van der Waals surface area contributed by atoms with Crippen LogP contribution in [0, 0.1) is 6.92 Å².